The summed E-state index contributed by atoms with van der Waals surface area (Å²) in [4.78, 5) is 13.7. The predicted octanol–water partition coefficient (Wildman–Crippen LogP) is 2.15. The normalized spacial score (nSPS) is 23.7. The number of aliphatic hydroxyl groups is 1. The van der Waals surface area contributed by atoms with Gasteiger partial charge in [0.2, 0.25) is 0 Å². The Morgan fingerprint density at radius 2 is 2.22 bits per heavy atom. The van der Waals surface area contributed by atoms with Crippen molar-refractivity contribution in [2.75, 3.05) is 26.2 Å². The molecule has 1 heterocycles. The number of urea groups is 1. The van der Waals surface area contributed by atoms with Gasteiger partial charge in [-0.1, -0.05) is 11.6 Å². The molecule has 1 atom stereocenters. The molecule has 4 nitrogen and oxygen atoms in total. The molecule has 0 spiro atoms. The molecule has 0 radical (unpaired) electrons. The van der Waals surface area contributed by atoms with E-state index in [0.29, 0.717) is 13.1 Å². The second-order valence-corrected chi connectivity index (χ2v) is 5.50. The van der Waals surface area contributed by atoms with Crippen LogP contribution in [0.3, 0.4) is 0 Å². The van der Waals surface area contributed by atoms with E-state index in [-0.39, 0.29) is 18.1 Å². The minimum Gasteiger partial charge on any atom is -0.396 e. The first-order valence-electron chi connectivity index (χ1n) is 6.80. The van der Waals surface area contributed by atoms with E-state index in [1.54, 1.807) is 0 Å². The molecule has 1 rings (SSSR count). The van der Waals surface area contributed by atoms with Crippen LogP contribution in [-0.2, 0) is 0 Å². The van der Waals surface area contributed by atoms with Crippen LogP contribution in [-0.4, -0.2) is 42.3 Å². The summed E-state index contributed by atoms with van der Waals surface area (Å²) in [5, 5.41) is 12.5. The molecule has 2 amide bonds. The van der Waals surface area contributed by atoms with Crippen LogP contribution in [0.5, 0.6) is 0 Å². The topological polar surface area (TPSA) is 52.6 Å². The molecule has 2 N–H and O–H groups in total. The van der Waals surface area contributed by atoms with Crippen LogP contribution in [0.1, 0.15) is 40.0 Å². The van der Waals surface area contributed by atoms with Gasteiger partial charge in [-0.15, -0.1) is 0 Å². The van der Waals surface area contributed by atoms with Crippen LogP contribution in [0.4, 0.5) is 4.79 Å². The molecular weight excluding hydrogens is 228 g/mol. The van der Waals surface area contributed by atoms with Crippen molar-refractivity contribution in [3.05, 3.63) is 11.6 Å². The average molecular weight is 254 g/mol. The number of aliphatic hydroxyl groups excluding tert-OH is 1. The highest BCUT2D eigenvalue weighted by Crippen LogP contribution is 2.33. The Morgan fingerprint density at radius 3 is 2.78 bits per heavy atom. The van der Waals surface area contributed by atoms with E-state index in [0.717, 1.165) is 25.8 Å². The van der Waals surface area contributed by atoms with E-state index in [1.165, 1.54) is 5.57 Å². The predicted molar refractivity (Wildman–Crippen MR) is 73.4 cm³/mol. The average Bonchev–Trinajstić information content (AvgIpc) is 2.37. The fourth-order valence-electron chi connectivity index (χ4n) is 2.43. The molecule has 1 aliphatic heterocycles. The van der Waals surface area contributed by atoms with Crippen LogP contribution < -0.4 is 5.32 Å². The number of carbonyl (C=O) groups excluding carboxylic acids is 1. The smallest absolute Gasteiger partial charge is 0.317 e. The molecule has 0 bridgehead atoms. The summed E-state index contributed by atoms with van der Waals surface area (Å²) in [6.07, 6.45) is 4.97. The Bertz CT molecular complexity index is 311. The second-order valence-electron chi connectivity index (χ2n) is 5.50. The van der Waals surface area contributed by atoms with Crippen molar-refractivity contribution < 1.29 is 9.90 Å². The summed E-state index contributed by atoms with van der Waals surface area (Å²) in [6, 6.07) is -0.00720. The third-order valence-corrected chi connectivity index (χ3v) is 3.56. The minimum absolute atomic E-state index is 0.00720. The highest BCUT2D eigenvalue weighted by atomic mass is 16.3. The molecule has 0 aromatic rings. The monoisotopic (exact) mass is 254 g/mol. The lowest BCUT2D eigenvalue weighted by molar-refractivity contribution is 0.0492. The molecular formula is C14H26N2O2. The van der Waals surface area contributed by atoms with Crippen molar-refractivity contribution in [1.29, 1.82) is 0 Å². The Hall–Kier alpha value is -1.03. The van der Waals surface area contributed by atoms with E-state index in [4.69, 9.17) is 0 Å². The molecule has 4 heteroatoms. The van der Waals surface area contributed by atoms with Gasteiger partial charge < -0.3 is 15.3 Å². The number of likely N-dealkylation sites (tertiary alicyclic amines) is 1. The van der Waals surface area contributed by atoms with Gasteiger partial charge in [-0.2, -0.15) is 0 Å². The number of piperidine rings is 1. The van der Waals surface area contributed by atoms with Gasteiger partial charge in [0.25, 0.3) is 0 Å². The van der Waals surface area contributed by atoms with E-state index in [1.807, 2.05) is 11.8 Å². The molecule has 0 saturated carbocycles. The van der Waals surface area contributed by atoms with Crippen molar-refractivity contribution in [2.45, 2.75) is 40.0 Å². The molecule has 1 saturated heterocycles. The fraction of sp³-hybridized carbons (Fsp3) is 0.786. The van der Waals surface area contributed by atoms with E-state index in [2.05, 4.69) is 25.2 Å². The number of nitrogens with one attached hydrogen (secondary N) is 1. The third-order valence-electron chi connectivity index (χ3n) is 3.56. The van der Waals surface area contributed by atoms with Gasteiger partial charge in [-0.25, -0.2) is 4.79 Å². The Labute approximate surface area is 110 Å². The Kier molecular flexibility index (Phi) is 5.66. The first kappa shape index (κ1) is 15.0. The van der Waals surface area contributed by atoms with Crippen LogP contribution >= 0.6 is 0 Å². The van der Waals surface area contributed by atoms with E-state index < -0.39 is 0 Å². The maximum Gasteiger partial charge on any atom is 0.317 e. The van der Waals surface area contributed by atoms with Gasteiger partial charge in [0.05, 0.1) is 6.61 Å². The van der Waals surface area contributed by atoms with Crippen molar-refractivity contribution >= 4 is 6.03 Å². The summed E-state index contributed by atoms with van der Waals surface area (Å²) in [7, 11) is 0. The van der Waals surface area contributed by atoms with Gasteiger partial charge in [-0.3, -0.25) is 0 Å². The second kappa shape index (κ2) is 6.78. The number of rotatable bonds is 4. The van der Waals surface area contributed by atoms with Crippen LogP contribution in [0.15, 0.2) is 11.6 Å². The molecule has 18 heavy (non-hydrogen) atoms. The van der Waals surface area contributed by atoms with Gasteiger partial charge in [0, 0.05) is 25.0 Å². The number of allylic oxidation sites excluding steroid dienone is 2. The van der Waals surface area contributed by atoms with Crippen LogP contribution in [0.25, 0.3) is 0 Å². The Morgan fingerprint density at radius 1 is 1.50 bits per heavy atom. The molecule has 0 aromatic heterocycles. The molecule has 1 fully saturated rings. The van der Waals surface area contributed by atoms with Gasteiger partial charge in [0.15, 0.2) is 0 Å². The van der Waals surface area contributed by atoms with E-state index >= 15 is 0 Å². The highest BCUT2D eigenvalue weighted by molar-refractivity contribution is 5.74. The van der Waals surface area contributed by atoms with Crippen molar-refractivity contribution in [1.82, 2.24) is 10.2 Å². The lowest BCUT2D eigenvalue weighted by Crippen LogP contribution is -2.51. The van der Waals surface area contributed by atoms with Crippen LogP contribution in [0.2, 0.25) is 0 Å². The van der Waals surface area contributed by atoms with Gasteiger partial charge >= 0.3 is 6.03 Å². The molecule has 0 aliphatic carbocycles. The SMILES string of the molecule is CCNC(=O)N1CCC[C@@](CO)(CC=C(C)C)C1. The lowest BCUT2D eigenvalue weighted by Gasteiger charge is -2.41. The number of amides is 2. The zero-order valence-electron chi connectivity index (χ0n) is 11.8. The maximum atomic E-state index is 11.9. The minimum atomic E-state index is -0.152. The quantitative estimate of drug-likeness (QED) is 0.755. The number of carbonyl (C=O) groups is 1. The van der Waals surface area contributed by atoms with Gasteiger partial charge in [-0.05, 0) is 40.0 Å². The Balaban J connectivity index is 2.69. The third kappa shape index (κ3) is 4.02. The summed E-state index contributed by atoms with van der Waals surface area (Å²) in [6.45, 7) is 8.29. The maximum absolute atomic E-state index is 11.9. The summed E-state index contributed by atoms with van der Waals surface area (Å²) in [5.74, 6) is 0. The first-order chi connectivity index (χ1) is 8.53. The largest absolute Gasteiger partial charge is 0.396 e. The van der Waals surface area contributed by atoms with Crippen molar-refractivity contribution in [3.8, 4) is 0 Å². The zero-order valence-corrected chi connectivity index (χ0v) is 11.8. The molecule has 0 unspecified atom stereocenters. The fourth-order valence-corrected chi connectivity index (χ4v) is 2.43. The summed E-state index contributed by atoms with van der Waals surface area (Å²) in [5.41, 5.74) is 1.11. The first-order valence-corrected chi connectivity index (χ1v) is 6.80. The van der Waals surface area contributed by atoms with E-state index in [9.17, 15) is 9.90 Å². The number of nitrogens with zero attached hydrogens (tertiary/aromatic N) is 1. The lowest BCUT2D eigenvalue weighted by atomic mass is 9.77. The zero-order chi connectivity index (χ0) is 13.6. The van der Waals surface area contributed by atoms with Crippen molar-refractivity contribution in [3.63, 3.8) is 0 Å². The number of hydrogen-bond acceptors (Lipinski definition) is 2. The molecule has 0 aromatic carbocycles. The highest BCUT2D eigenvalue weighted by Gasteiger charge is 2.35. The standard InChI is InChI=1S/C14H26N2O2/c1-4-15-13(18)16-9-5-7-14(10-16,11-17)8-6-12(2)3/h6,17H,4-5,7-11H2,1-3H3,(H,15,18)/t14-/m1/s1. The molecule has 1 aliphatic rings. The number of hydrogen-bond donors (Lipinski definition) is 2. The summed E-state index contributed by atoms with van der Waals surface area (Å²) >= 11 is 0. The van der Waals surface area contributed by atoms with Gasteiger partial charge in [0.1, 0.15) is 0 Å². The van der Waals surface area contributed by atoms with Crippen LogP contribution in [0, 0.1) is 5.41 Å². The molecule has 104 valence electrons. The summed E-state index contributed by atoms with van der Waals surface area (Å²) < 4.78 is 0. The van der Waals surface area contributed by atoms with Crippen molar-refractivity contribution in [2.24, 2.45) is 5.41 Å².